The number of nitrogens with one attached hydrogen (secondary N) is 1. The summed E-state index contributed by atoms with van der Waals surface area (Å²) in [7, 11) is 0. The van der Waals surface area contributed by atoms with Crippen molar-refractivity contribution in [1.82, 2.24) is 10.2 Å². The molecule has 1 saturated carbocycles. The molecule has 1 N–H and O–H groups in total. The van der Waals surface area contributed by atoms with Gasteiger partial charge in [-0.3, -0.25) is 9.69 Å². The summed E-state index contributed by atoms with van der Waals surface area (Å²) in [6, 6.07) is 11.0. The molecule has 0 saturated heterocycles. The van der Waals surface area contributed by atoms with Crippen LogP contribution in [0, 0.1) is 0 Å². The van der Waals surface area contributed by atoms with E-state index in [0.717, 1.165) is 32.4 Å². The first kappa shape index (κ1) is 14.3. The van der Waals surface area contributed by atoms with Gasteiger partial charge in [0.05, 0.1) is 6.54 Å². The highest BCUT2D eigenvalue weighted by molar-refractivity contribution is 5.78. The molecule has 0 bridgehead atoms. The van der Waals surface area contributed by atoms with E-state index in [2.05, 4.69) is 40.6 Å². The van der Waals surface area contributed by atoms with Crippen molar-refractivity contribution >= 4 is 11.5 Å². The van der Waals surface area contributed by atoms with Crippen molar-refractivity contribution in [3.05, 3.63) is 42.0 Å². The molecule has 21 heavy (non-hydrogen) atoms. The number of nitrogens with zero attached hydrogens (tertiary/aromatic N) is 1. The first-order chi connectivity index (χ1) is 10.3. The first-order valence-electron chi connectivity index (χ1n) is 8.07. The molecule has 0 spiro atoms. The summed E-state index contributed by atoms with van der Waals surface area (Å²) in [6.45, 7) is 2.39. The molecule has 1 amide bonds. The molecule has 1 aromatic carbocycles. The van der Waals surface area contributed by atoms with Crippen LogP contribution in [0.3, 0.4) is 0 Å². The van der Waals surface area contributed by atoms with E-state index in [9.17, 15) is 4.79 Å². The number of hydrogen-bond acceptors (Lipinski definition) is 2. The Bertz CT molecular complexity index is 503. The summed E-state index contributed by atoms with van der Waals surface area (Å²) in [4.78, 5) is 14.3. The number of carbonyl (C=O) groups is 1. The molecule has 1 aromatic rings. The zero-order valence-corrected chi connectivity index (χ0v) is 12.6. The number of carbonyl (C=O) groups excluding carboxylic acids is 1. The Morgan fingerprint density at radius 3 is 2.62 bits per heavy atom. The third-order valence-corrected chi connectivity index (χ3v) is 4.53. The van der Waals surface area contributed by atoms with Crippen LogP contribution >= 0.6 is 0 Å². The molecule has 0 radical (unpaired) electrons. The monoisotopic (exact) mass is 284 g/mol. The molecule has 0 unspecified atom stereocenters. The van der Waals surface area contributed by atoms with Crippen LogP contribution in [-0.4, -0.2) is 36.5 Å². The molecule has 3 rings (SSSR count). The summed E-state index contributed by atoms with van der Waals surface area (Å²) < 4.78 is 0. The van der Waals surface area contributed by atoms with E-state index in [1.807, 2.05) is 6.07 Å². The first-order valence-corrected chi connectivity index (χ1v) is 8.07. The van der Waals surface area contributed by atoms with E-state index in [4.69, 9.17) is 0 Å². The third-order valence-electron chi connectivity index (χ3n) is 4.53. The Balaban J connectivity index is 1.49. The van der Waals surface area contributed by atoms with Crippen molar-refractivity contribution < 1.29 is 4.79 Å². The topological polar surface area (TPSA) is 32.3 Å². The molecular formula is C18H24N2O. The van der Waals surface area contributed by atoms with E-state index in [1.165, 1.54) is 24.0 Å². The van der Waals surface area contributed by atoms with Crippen LogP contribution in [0.15, 0.2) is 36.4 Å². The Morgan fingerprint density at radius 2 is 1.95 bits per heavy atom. The van der Waals surface area contributed by atoms with Gasteiger partial charge in [-0.1, -0.05) is 49.2 Å². The number of benzene rings is 1. The zero-order chi connectivity index (χ0) is 14.5. The Labute approximate surface area is 127 Å². The minimum absolute atomic E-state index is 0.193. The summed E-state index contributed by atoms with van der Waals surface area (Å²) in [5, 5.41) is 3.17. The molecule has 0 aromatic heterocycles. The van der Waals surface area contributed by atoms with Gasteiger partial charge in [0.15, 0.2) is 0 Å². The lowest BCUT2D eigenvalue weighted by Crippen LogP contribution is -2.42. The average Bonchev–Trinajstić information content (AvgIpc) is 3.02. The molecule has 112 valence electrons. The van der Waals surface area contributed by atoms with Gasteiger partial charge in [-0.15, -0.1) is 0 Å². The van der Waals surface area contributed by atoms with Crippen LogP contribution in [0.4, 0.5) is 0 Å². The van der Waals surface area contributed by atoms with Gasteiger partial charge in [0.1, 0.15) is 0 Å². The number of amides is 1. The van der Waals surface area contributed by atoms with Gasteiger partial charge in [-0.2, -0.15) is 0 Å². The SMILES string of the molecule is O=C(CN1CC=C(c2ccccc2)CC1)NC1CCCC1. The maximum Gasteiger partial charge on any atom is 0.234 e. The summed E-state index contributed by atoms with van der Waals surface area (Å²) in [6.07, 6.45) is 8.13. The van der Waals surface area contributed by atoms with Gasteiger partial charge < -0.3 is 5.32 Å². The van der Waals surface area contributed by atoms with E-state index in [0.29, 0.717) is 12.6 Å². The van der Waals surface area contributed by atoms with Crippen LogP contribution < -0.4 is 5.32 Å². The quantitative estimate of drug-likeness (QED) is 0.922. The Hall–Kier alpha value is -1.61. The van der Waals surface area contributed by atoms with Crippen molar-refractivity contribution in [3.8, 4) is 0 Å². The fourth-order valence-electron chi connectivity index (χ4n) is 3.32. The molecule has 1 aliphatic carbocycles. The molecule has 1 heterocycles. The standard InChI is InChI=1S/C18H24N2O/c21-18(19-17-8-4-5-9-17)14-20-12-10-16(11-13-20)15-6-2-1-3-7-15/h1-3,6-7,10,17H,4-5,8-9,11-14H2,(H,19,21). The van der Waals surface area contributed by atoms with Gasteiger partial charge in [-0.25, -0.2) is 0 Å². The molecule has 3 nitrogen and oxygen atoms in total. The Morgan fingerprint density at radius 1 is 1.19 bits per heavy atom. The van der Waals surface area contributed by atoms with Crippen LogP contribution in [-0.2, 0) is 4.79 Å². The van der Waals surface area contributed by atoms with Crippen LogP contribution in [0.25, 0.3) is 5.57 Å². The van der Waals surface area contributed by atoms with Crippen molar-refractivity contribution in [1.29, 1.82) is 0 Å². The van der Waals surface area contributed by atoms with Gasteiger partial charge in [0, 0.05) is 19.1 Å². The van der Waals surface area contributed by atoms with Gasteiger partial charge in [0.2, 0.25) is 5.91 Å². The summed E-state index contributed by atoms with van der Waals surface area (Å²) in [5.41, 5.74) is 2.72. The molecule has 2 aliphatic rings. The van der Waals surface area contributed by atoms with E-state index in [1.54, 1.807) is 0 Å². The number of rotatable bonds is 4. The second-order valence-electron chi connectivity index (χ2n) is 6.13. The number of hydrogen-bond donors (Lipinski definition) is 1. The average molecular weight is 284 g/mol. The van der Waals surface area contributed by atoms with Crippen molar-refractivity contribution in [2.24, 2.45) is 0 Å². The van der Waals surface area contributed by atoms with Gasteiger partial charge in [-0.05, 0) is 30.4 Å². The van der Waals surface area contributed by atoms with Crippen LogP contribution in [0.2, 0.25) is 0 Å². The highest BCUT2D eigenvalue weighted by Crippen LogP contribution is 2.22. The highest BCUT2D eigenvalue weighted by atomic mass is 16.2. The molecule has 1 aliphatic heterocycles. The summed E-state index contributed by atoms with van der Waals surface area (Å²) >= 11 is 0. The minimum atomic E-state index is 0.193. The van der Waals surface area contributed by atoms with E-state index in [-0.39, 0.29) is 5.91 Å². The lowest BCUT2D eigenvalue weighted by Gasteiger charge is -2.26. The normalized spacial score (nSPS) is 20.3. The van der Waals surface area contributed by atoms with Crippen LogP contribution in [0.1, 0.15) is 37.7 Å². The van der Waals surface area contributed by atoms with Gasteiger partial charge >= 0.3 is 0 Å². The van der Waals surface area contributed by atoms with E-state index < -0.39 is 0 Å². The molecular weight excluding hydrogens is 260 g/mol. The molecule has 0 atom stereocenters. The predicted octanol–water partition coefficient (Wildman–Crippen LogP) is 2.83. The highest BCUT2D eigenvalue weighted by Gasteiger charge is 2.20. The lowest BCUT2D eigenvalue weighted by atomic mass is 10.00. The predicted molar refractivity (Wildman–Crippen MR) is 85.9 cm³/mol. The second-order valence-corrected chi connectivity index (χ2v) is 6.13. The van der Waals surface area contributed by atoms with Gasteiger partial charge in [0.25, 0.3) is 0 Å². The van der Waals surface area contributed by atoms with Crippen LogP contribution in [0.5, 0.6) is 0 Å². The largest absolute Gasteiger partial charge is 0.352 e. The Kier molecular flexibility index (Phi) is 4.71. The summed E-state index contributed by atoms with van der Waals surface area (Å²) in [5.74, 6) is 0.193. The second kappa shape index (κ2) is 6.90. The zero-order valence-electron chi connectivity index (χ0n) is 12.6. The fraction of sp³-hybridized carbons (Fsp3) is 0.500. The third kappa shape index (κ3) is 3.94. The van der Waals surface area contributed by atoms with Crippen molar-refractivity contribution in [2.45, 2.75) is 38.1 Å². The van der Waals surface area contributed by atoms with Crippen molar-refractivity contribution in [2.75, 3.05) is 19.6 Å². The fourth-order valence-corrected chi connectivity index (χ4v) is 3.32. The maximum atomic E-state index is 12.0. The molecule has 1 fully saturated rings. The minimum Gasteiger partial charge on any atom is -0.352 e. The van der Waals surface area contributed by atoms with Crippen molar-refractivity contribution in [3.63, 3.8) is 0 Å². The maximum absolute atomic E-state index is 12.0. The lowest BCUT2D eigenvalue weighted by molar-refractivity contribution is -0.122. The molecule has 3 heteroatoms. The van der Waals surface area contributed by atoms with E-state index >= 15 is 0 Å². The smallest absolute Gasteiger partial charge is 0.234 e.